The van der Waals surface area contributed by atoms with Crippen LogP contribution in [-0.2, 0) is 4.84 Å². The van der Waals surface area contributed by atoms with Crippen LogP contribution in [0.25, 0.3) is 0 Å². The lowest BCUT2D eigenvalue weighted by atomic mass is 10.00. The van der Waals surface area contributed by atoms with Gasteiger partial charge in [0.15, 0.2) is 0 Å². The van der Waals surface area contributed by atoms with E-state index in [1.54, 1.807) is 0 Å². The number of halogens is 2. The molecule has 0 aromatic heterocycles. The summed E-state index contributed by atoms with van der Waals surface area (Å²) in [5.74, 6) is 0.439. The third-order valence-electron chi connectivity index (χ3n) is 2.56. The molecule has 0 aliphatic carbocycles. The van der Waals surface area contributed by atoms with Gasteiger partial charge in [-0.05, 0) is 24.6 Å². The molecule has 1 atom stereocenters. The van der Waals surface area contributed by atoms with Crippen molar-refractivity contribution in [1.29, 1.82) is 0 Å². The maximum atomic E-state index is 5.99. The fourth-order valence-electron chi connectivity index (χ4n) is 1.68. The Morgan fingerprint density at radius 2 is 2.31 bits per heavy atom. The third kappa shape index (κ3) is 2.11. The number of nitrogens with two attached hydrogens (primary N) is 1. The van der Waals surface area contributed by atoms with E-state index in [2.05, 4.69) is 5.16 Å². The Balaban J connectivity index is 2.32. The molecule has 1 aromatic carbocycles. The molecule has 1 aliphatic rings. The SMILES string of the molecule is Cc1cc(N)c(Cl)cc1C1=NOC(CCl)C1. The highest BCUT2D eigenvalue weighted by Crippen LogP contribution is 2.27. The van der Waals surface area contributed by atoms with Gasteiger partial charge in [0, 0.05) is 12.0 Å². The Hall–Kier alpha value is -0.930. The summed E-state index contributed by atoms with van der Waals surface area (Å²) in [6.07, 6.45) is 0.678. The predicted molar refractivity (Wildman–Crippen MR) is 67.3 cm³/mol. The molecule has 0 amide bonds. The topological polar surface area (TPSA) is 47.6 Å². The van der Waals surface area contributed by atoms with Crippen LogP contribution in [0, 0.1) is 6.92 Å². The van der Waals surface area contributed by atoms with Crippen LogP contribution in [0.3, 0.4) is 0 Å². The van der Waals surface area contributed by atoms with E-state index < -0.39 is 0 Å². The van der Waals surface area contributed by atoms with E-state index in [9.17, 15) is 0 Å². The van der Waals surface area contributed by atoms with Crippen LogP contribution in [-0.4, -0.2) is 17.7 Å². The first-order valence-corrected chi connectivity index (χ1v) is 5.87. The molecule has 1 unspecified atom stereocenters. The van der Waals surface area contributed by atoms with Crippen molar-refractivity contribution in [1.82, 2.24) is 0 Å². The molecule has 0 bridgehead atoms. The van der Waals surface area contributed by atoms with E-state index >= 15 is 0 Å². The fraction of sp³-hybridized carbons (Fsp3) is 0.364. The second-order valence-electron chi connectivity index (χ2n) is 3.81. The van der Waals surface area contributed by atoms with E-state index in [1.807, 2.05) is 19.1 Å². The smallest absolute Gasteiger partial charge is 0.146 e. The average molecular weight is 259 g/mol. The molecule has 1 aliphatic heterocycles. The van der Waals surface area contributed by atoms with E-state index in [-0.39, 0.29) is 6.10 Å². The Labute approximate surface area is 104 Å². The third-order valence-corrected chi connectivity index (χ3v) is 3.23. The standard InChI is InChI=1S/C11H12Cl2N2O/c1-6-2-10(14)9(13)4-8(6)11-3-7(5-12)16-15-11/h2,4,7H,3,5,14H2,1H3. The second kappa shape index (κ2) is 4.52. The van der Waals surface area contributed by atoms with Gasteiger partial charge in [0.25, 0.3) is 0 Å². The minimum atomic E-state index is -0.0348. The molecule has 0 radical (unpaired) electrons. The Morgan fingerprint density at radius 3 is 2.94 bits per heavy atom. The number of oxime groups is 1. The van der Waals surface area contributed by atoms with Crippen LogP contribution in [0.15, 0.2) is 17.3 Å². The van der Waals surface area contributed by atoms with Crippen LogP contribution in [0.4, 0.5) is 5.69 Å². The Morgan fingerprint density at radius 1 is 1.56 bits per heavy atom. The van der Waals surface area contributed by atoms with Crippen LogP contribution in [0.5, 0.6) is 0 Å². The van der Waals surface area contributed by atoms with Crippen molar-refractivity contribution in [3.05, 3.63) is 28.3 Å². The minimum absolute atomic E-state index is 0.0348. The maximum Gasteiger partial charge on any atom is 0.146 e. The van der Waals surface area contributed by atoms with Crippen LogP contribution < -0.4 is 5.73 Å². The van der Waals surface area contributed by atoms with Gasteiger partial charge in [0.05, 0.1) is 22.3 Å². The van der Waals surface area contributed by atoms with Crippen molar-refractivity contribution >= 4 is 34.6 Å². The molecule has 0 saturated heterocycles. The van der Waals surface area contributed by atoms with Gasteiger partial charge in [-0.25, -0.2) is 0 Å². The summed E-state index contributed by atoms with van der Waals surface area (Å²) in [6, 6.07) is 3.67. The maximum absolute atomic E-state index is 5.99. The first-order chi connectivity index (χ1) is 7.61. The van der Waals surface area contributed by atoms with E-state index in [0.29, 0.717) is 23.0 Å². The molecular formula is C11H12Cl2N2O. The first kappa shape index (κ1) is 11.6. The zero-order chi connectivity index (χ0) is 11.7. The van der Waals surface area contributed by atoms with Crippen molar-refractivity contribution in [2.45, 2.75) is 19.4 Å². The van der Waals surface area contributed by atoms with Gasteiger partial charge in [0.1, 0.15) is 6.10 Å². The average Bonchev–Trinajstić information content (AvgIpc) is 2.71. The normalized spacial score (nSPS) is 19.4. The molecular weight excluding hydrogens is 247 g/mol. The van der Waals surface area contributed by atoms with Crippen molar-refractivity contribution < 1.29 is 4.84 Å². The van der Waals surface area contributed by atoms with Crippen molar-refractivity contribution in [2.24, 2.45) is 5.16 Å². The van der Waals surface area contributed by atoms with Gasteiger partial charge in [0.2, 0.25) is 0 Å². The van der Waals surface area contributed by atoms with Gasteiger partial charge in [-0.1, -0.05) is 16.8 Å². The summed E-state index contributed by atoms with van der Waals surface area (Å²) in [7, 11) is 0. The van der Waals surface area contributed by atoms with Crippen LogP contribution in [0.2, 0.25) is 5.02 Å². The number of nitrogens with zero attached hydrogens (tertiary/aromatic N) is 1. The highest BCUT2D eigenvalue weighted by Gasteiger charge is 2.22. The van der Waals surface area contributed by atoms with Gasteiger partial charge >= 0.3 is 0 Å². The Kier molecular flexibility index (Phi) is 3.26. The number of benzene rings is 1. The quantitative estimate of drug-likeness (QED) is 0.655. The highest BCUT2D eigenvalue weighted by molar-refractivity contribution is 6.33. The molecule has 3 nitrogen and oxygen atoms in total. The number of anilines is 1. The van der Waals surface area contributed by atoms with Gasteiger partial charge in [-0.3, -0.25) is 0 Å². The molecule has 1 aromatic rings. The van der Waals surface area contributed by atoms with Gasteiger partial charge in [-0.2, -0.15) is 0 Å². The lowest BCUT2D eigenvalue weighted by molar-refractivity contribution is 0.102. The molecule has 1 heterocycles. The van der Waals surface area contributed by atoms with Gasteiger partial charge < -0.3 is 10.6 Å². The highest BCUT2D eigenvalue weighted by atomic mass is 35.5. The number of rotatable bonds is 2. The Bertz CT molecular complexity index is 446. The molecule has 2 rings (SSSR count). The molecule has 16 heavy (non-hydrogen) atoms. The van der Waals surface area contributed by atoms with Gasteiger partial charge in [-0.15, -0.1) is 11.6 Å². The number of aryl methyl sites for hydroxylation is 1. The van der Waals surface area contributed by atoms with E-state index in [4.69, 9.17) is 33.8 Å². The molecule has 0 fully saturated rings. The van der Waals surface area contributed by atoms with Crippen LogP contribution in [0.1, 0.15) is 17.5 Å². The summed E-state index contributed by atoms with van der Waals surface area (Å²) in [5.41, 5.74) is 9.20. The number of hydrogen-bond donors (Lipinski definition) is 1. The summed E-state index contributed by atoms with van der Waals surface area (Å²) >= 11 is 11.7. The molecule has 0 saturated carbocycles. The number of hydrogen-bond acceptors (Lipinski definition) is 3. The van der Waals surface area contributed by atoms with Crippen molar-refractivity contribution in [2.75, 3.05) is 11.6 Å². The largest absolute Gasteiger partial charge is 0.398 e. The second-order valence-corrected chi connectivity index (χ2v) is 4.53. The lowest BCUT2D eigenvalue weighted by Crippen LogP contribution is -2.10. The molecule has 2 N–H and O–H groups in total. The van der Waals surface area contributed by atoms with E-state index in [1.165, 1.54) is 0 Å². The van der Waals surface area contributed by atoms with Crippen molar-refractivity contribution in [3.63, 3.8) is 0 Å². The minimum Gasteiger partial charge on any atom is -0.398 e. The van der Waals surface area contributed by atoms with E-state index in [0.717, 1.165) is 16.8 Å². The summed E-state index contributed by atoms with van der Waals surface area (Å²) in [5, 5.41) is 4.56. The first-order valence-electron chi connectivity index (χ1n) is 4.96. The summed E-state index contributed by atoms with van der Waals surface area (Å²) in [6.45, 7) is 1.97. The molecule has 0 spiro atoms. The molecule has 5 heteroatoms. The summed E-state index contributed by atoms with van der Waals surface area (Å²) in [4.78, 5) is 5.18. The molecule has 86 valence electrons. The monoisotopic (exact) mass is 258 g/mol. The number of alkyl halides is 1. The zero-order valence-corrected chi connectivity index (χ0v) is 10.3. The predicted octanol–water partition coefficient (Wildman–Crippen LogP) is 2.96. The van der Waals surface area contributed by atoms with Crippen molar-refractivity contribution in [3.8, 4) is 0 Å². The number of nitrogen functional groups attached to an aromatic ring is 1. The lowest BCUT2D eigenvalue weighted by Gasteiger charge is -2.07. The summed E-state index contributed by atoms with van der Waals surface area (Å²) < 4.78 is 0. The van der Waals surface area contributed by atoms with Crippen LogP contribution >= 0.6 is 23.2 Å². The fourth-order valence-corrected chi connectivity index (χ4v) is 2.01. The zero-order valence-electron chi connectivity index (χ0n) is 8.84.